The molecule has 0 radical (unpaired) electrons. The number of methoxy groups -OCH3 is 1. The third-order valence-electron chi connectivity index (χ3n) is 4.04. The number of fused-ring (bicyclic) bond motifs is 1. The molecular weight excluding hydrogens is 360 g/mol. The monoisotopic (exact) mass is 376 g/mol. The van der Waals surface area contributed by atoms with Crippen LogP contribution in [0.2, 0.25) is 0 Å². The first-order valence-corrected chi connectivity index (χ1v) is 8.43. The van der Waals surface area contributed by atoms with E-state index in [1.165, 1.54) is 12.4 Å². The van der Waals surface area contributed by atoms with Gasteiger partial charge in [0.2, 0.25) is 5.76 Å². The summed E-state index contributed by atoms with van der Waals surface area (Å²) in [6.07, 6.45) is 2.82. The molecule has 9 heteroatoms. The van der Waals surface area contributed by atoms with Crippen molar-refractivity contribution in [1.82, 2.24) is 25.1 Å². The Morgan fingerprint density at radius 2 is 1.89 bits per heavy atom. The van der Waals surface area contributed by atoms with E-state index in [1.807, 2.05) is 25.1 Å². The highest BCUT2D eigenvalue weighted by Gasteiger charge is 2.16. The van der Waals surface area contributed by atoms with E-state index >= 15 is 0 Å². The van der Waals surface area contributed by atoms with E-state index in [0.717, 1.165) is 11.3 Å². The summed E-state index contributed by atoms with van der Waals surface area (Å²) in [6, 6.07) is 7.37. The van der Waals surface area contributed by atoms with Gasteiger partial charge in [-0.25, -0.2) is 15.0 Å². The number of aryl methyl sites for hydroxylation is 2. The number of hydrogen-bond acceptors (Lipinski definition) is 8. The Kier molecular flexibility index (Phi) is 4.40. The van der Waals surface area contributed by atoms with Crippen LogP contribution in [0.15, 0.2) is 41.1 Å². The molecule has 0 bridgehead atoms. The van der Waals surface area contributed by atoms with E-state index in [0.29, 0.717) is 28.4 Å². The minimum Gasteiger partial charge on any atom is -0.494 e. The second-order valence-electron chi connectivity index (χ2n) is 6.03. The number of nitrogens with one attached hydrogen (secondary N) is 1. The van der Waals surface area contributed by atoms with E-state index in [9.17, 15) is 4.79 Å². The maximum absolute atomic E-state index is 12.3. The number of nitrogens with zero attached hydrogens (tertiary/aromatic N) is 5. The molecule has 0 spiro atoms. The fourth-order valence-corrected chi connectivity index (χ4v) is 2.69. The summed E-state index contributed by atoms with van der Waals surface area (Å²) >= 11 is 0. The first-order chi connectivity index (χ1) is 13.5. The molecule has 0 aliphatic carbocycles. The van der Waals surface area contributed by atoms with Crippen molar-refractivity contribution >= 4 is 22.8 Å². The van der Waals surface area contributed by atoms with Gasteiger partial charge in [0.1, 0.15) is 16.8 Å². The molecule has 28 heavy (non-hydrogen) atoms. The van der Waals surface area contributed by atoms with Gasteiger partial charge in [-0.15, -0.1) is 0 Å². The average Bonchev–Trinajstić information content (AvgIpc) is 3.14. The number of oxazole rings is 1. The molecular formula is C19H16N6O3. The van der Waals surface area contributed by atoms with E-state index in [2.05, 4.69) is 30.5 Å². The van der Waals surface area contributed by atoms with E-state index in [4.69, 9.17) is 9.15 Å². The second-order valence-corrected chi connectivity index (χ2v) is 6.03. The summed E-state index contributed by atoms with van der Waals surface area (Å²) in [5, 5.41) is 11.0. The van der Waals surface area contributed by atoms with Crippen molar-refractivity contribution in [2.24, 2.45) is 0 Å². The van der Waals surface area contributed by atoms with Crippen molar-refractivity contribution in [1.29, 1.82) is 0 Å². The molecule has 0 unspecified atom stereocenters. The van der Waals surface area contributed by atoms with Crippen LogP contribution in [0.3, 0.4) is 0 Å². The SMILES string of the molecule is COc1ccc(-c2ccc(C)nn2)c2ncc(NC(=O)c3cnc(C)o3)nc12. The van der Waals surface area contributed by atoms with Crippen molar-refractivity contribution in [3.8, 4) is 17.0 Å². The van der Waals surface area contributed by atoms with E-state index < -0.39 is 5.91 Å². The van der Waals surface area contributed by atoms with Gasteiger partial charge in [0.25, 0.3) is 5.91 Å². The maximum Gasteiger partial charge on any atom is 0.294 e. The predicted molar refractivity (Wildman–Crippen MR) is 101 cm³/mol. The van der Waals surface area contributed by atoms with Crippen molar-refractivity contribution < 1.29 is 13.9 Å². The zero-order valence-corrected chi connectivity index (χ0v) is 15.4. The van der Waals surface area contributed by atoms with Crippen LogP contribution in [-0.2, 0) is 0 Å². The smallest absolute Gasteiger partial charge is 0.294 e. The van der Waals surface area contributed by atoms with Crippen LogP contribution in [0.1, 0.15) is 22.1 Å². The molecule has 0 aliphatic heterocycles. The number of anilines is 1. The van der Waals surface area contributed by atoms with Gasteiger partial charge in [-0.2, -0.15) is 10.2 Å². The fraction of sp³-hybridized carbons (Fsp3) is 0.158. The number of amides is 1. The predicted octanol–water partition coefficient (Wildman–Crippen LogP) is 2.95. The van der Waals surface area contributed by atoms with Crippen molar-refractivity contribution in [3.63, 3.8) is 0 Å². The highest BCUT2D eigenvalue weighted by atomic mass is 16.5. The molecule has 4 rings (SSSR count). The molecule has 3 aromatic heterocycles. The lowest BCUT2D eigenvalue weighted by atomic mass is 10.1. The highest BCUT2D eigenvalue weighted by molar-refractivity contribution is 6.02. The number of benzene rings is 1. The summed E-state index contributed by atoms with van der Waals surface area (Å²) < 4.78 is 10.6. The van der Waals surface area contributed by atoms with Gasteiger partial charge in [-0.1, -0.05) is 0 Å². The second kappa shape index (κ2) is 7.03. The van der Waals surface area contributed by atoms with Crippen molar-refractivity contribution in [2.45, 2.75) is 13.8 Å². The third-order valence-corrected chi connectivity index (χ3v) is 4.04. The first-order valence-electron chi connectivity index (χ1n) is 8.43. The van der Waals surface area contributed by atoms with Gasteiger partial charge in [0.15, 0.2) is 11.7 Å². The topological polar surface area (TPSA) is 116 Å². The lowest BCUT2D eigenvalue weighted by Crippen LogP contribution is -2.12. The van der Waals surface area contributed by atoms with Crippen LogP contribution >= 0.6 is 0 Å². The summed E-state index contributed by atoms with van der Waals surface area (Å²) in [5.74, 6) is 0.819. The van der Waals surface area contributed by atoms with E-state index in [1.54, 1.807) is 20.1 Å². The molecule has 0 aliphatic rings. The van der Waals surface area contributed by atoms with Crippen LogP contribution in [0, 0.1) is 13.8 Å². The molecule has 1 amide bonds. The number of aromatic nitrogens is 5. The number of rotatable bonds is 4. The van der Waals surface area contributed by atoms with Gasteiger partial charge in [-0.3, -0.25) is 4.79 Å². The Morgan fingerprint density at radius 1 is 1.04 bits per heavy atom. The summed E-state index contributed by atoms with van der Waals surface area (Å²) in [4.78, 5) is 25.1. The third kappa shape index (κ3) is 3.25. The van der Waals surface area contributed by atoms with E-state index in [-0.39, 0.29) is 11.6 Å². The summed E-state index contributed by atoms with van der Waals surface area (Å²) in [5.41, 5.74) is 3.33. The van der Waals surface area contributed by atoms with Gasteiger partial charge < -0.3 is 14.5 Å². The van der Waals surface area contributed by atoms with Crippen LogP contribution < -0.4 is 10.1 Å². The lowest BCUT2D eigenvalue weighted by Gasteiger charge is -2.10. The van der Waals surface area contributed by atoms with Gasteiger partial charge in [0.05, 0.1) is 30.9 Å². The lowest BCUT2D eigenvalue weighted by molar-refractivity contribution is 0.0995. The van der Waals surface area contributed by atoms with Gasteiger partial charge >= 0.3 is 0 Å². The Morgan fingerprint density at radius 3 is 2.57 bits per heavy atom. The quantitative estimate of drug-likeness (QED) is 0.578. The van der Waals surface area contributed by atoms with Crippen LogP contribution in [-0.4, -0.2) is 38.2 Å². The van der Waals surface area contributed by atoms with Crippen molar-refractivity contribution in [2.75, 3.05) is 12.4 Å². The Hall–Kier alpha value is -3.88. The molecule has 1 N–H and O–H groups in total. The average molecular weight is 376 g/mol. The first kappa shape index (κ1) is 17.5. The normalized spacial score (nSPS) is 10.8. The van der Waals surface area contributed by atoms with Crippen LogP contribution in [0.5, 0.6) is 5.75 Å². The Bertz CT molecular complexity index is 1170. The van der Waals surface area contributed by atoms with Gasteiger partial charge in [0, 0.05) is 12.5 Å². The molecule has 140 valence electrons. The fourth-order valence-electron chi connectivity index (χ4n) is 2.69. The number of carbonyl (C=O) groups is 1. The van der Waals surface area contributed by atoms with Crippen molar-refractivity contribution in [3.05, 3.63) is 54.0 Å². The minimum absolute atomic E-state index is 0.0926. The molecule has 0 saturated carbocycles. The minimum atomic E-state index is -0.464. The van der Waals surface area contributed by atoms with Gasteiger partial charge in [-0.05, 0) is 31.2 Å². The Balaban J connectivity index is 1.75. The summed E-state index contributed by atoms with van der Waals surface area (Å²) in [6.45, 7) is 3.53. The number of carbonyl (C=O) groups excluding carboxylic acids is 1. The molecule has 0 fully saturated rings. The molecule has 3 heterocycles. The van der Waals surface area contributed by atoms with Crippen LogP contribution in [0.4, 0.5) is 5.82 Å². The standard InChI is InChI=1S/C19H16N6O3/c1-10-4-6-13(25-24-10)12-5-7-14(27-3)18-17(12)21-9-16(22-18)23-19(26)15-8-20-11(2)28-15/h4-9H,1-3H3,(H,22,23,26). The number of hydrogen-bond donors (Lipinski definition) is 1. The number of ether oxygens (including phenoxy) is 1. The summed E-state index contributed by atoms with van der Waals surface area (Å²) in [7, 11) is 1.55. The Labute approximate surface area is 159 Å². The van der Waals surface area contributed by atoms with Crippen LogP contribution in [0.25, 0.3) is 22.3 Å². The molecule has 4 aromatic rings. The maximum atomic E-state index is 12.3. The largest absolute Gasteiger partial charge is 0.494 e. The molecule has 0 atom stereocenters. The zero-order chi connectivity index (χ0) is 19.7. The molecule has 1 aromatic carbocycles. The highest BCUT2D eigenvalue weighted by Crippen LogP contribution is 2.31. The molecule has 0 saturated heterocycles. The zero-order valence-electron chi connectivity index (χ0n) is 15.4. The molecule has 9 nitrogen and oxygen atoms in total.